The largest absolute Gasteiger partial charge is 0.308 e. The van der Waals surface area contributed by atoms with Crippen LogP contribution in [0.3, 0.4) is 0 Å². The maximum absolute atomic E-state index is 11.8. The molecule has 4 rings (SSSR count). The van der Waals surface area contributed by atoms with Crippen molar-refractivity contribution in [3.63, 3.8) is 0 Å². The zero-order valence-electron chi connectivity index (χ0n) is 14.1. The second kappa shape index (κ2) is 7.11. The number of anilines is 2. The molecular formula is C21H18N4O. The van der Waals surface area contributed by atoms with Gasteiger partial charge in [0.25, 0.3) is 0 Å². The van der Waals surface area contributed by atoms with Gasteiger partial charge in [-0.25, -0.2) is 0 Å². The predicted octanol–water partition coefficient (Wildman–Crippen LogP) is 4.10. The van der Waals surface area contributed by atoms with E-state index >= 15 is 0 Å². The number of nitrogens with one attached hydrogen (secondary N) is 2. The van der Waals surface area contributed by atoms with Gasteiger partial charge in [-0.15, -0.1) is 0 Å². The Morgan fingerprint density at radius 1 is 0.846 bits per heavy atom. The second-order valence-electron chi connectivity index (χ2n) is 5.98. The molecule has 2 aromatic heterocycles. The van der Waals surface area contributed by atoms with Crippen LogP contribution in [0.5, 0.6) is 0 Å². The highest BCUT2D eigenvalue weighted by atomic mass is 16.1. The minimum absolute atomic E-state index is 0.139. The van der Waals surface area contributed by atoms with E-state index in [9.17, 15) is 4.79 Å². The van der Waals surface area contributed by atoms with Gasteiger partial charge in [0.05, 0.1) is 12.2 Å². The Kier molecular flexibility index (Phi) is 4.35. The summed E-state index contributed by atoms with van der Waals surface area (Å²) in [5, 5.41) is 7.56. The van der Waals surface area contributed by atoms with E-state index in [1.165, 1.54) is 6.07 Å². The number of H-pyrrole nitrogens is 2. The molecule has 0 radical (unpaired) electrons. The molecule has 2 aromatic carbocycles. The third-order valence-electron chi connectivity index (χ3n) is 4.15. The molecule has 4 aromatic rings. The standard InChI is InChI=1S/C21H18N4O/c26-21-13-7-12-19(22-21)25(15-16-8-3-1-4-9-16)20-14-18(23-24-20)17-10-5-2-6-11-17/h1-14H,15H2,(H,22,26)(H,23,24). The minimum atomic E-state index is -0.139. The number of aromatic amines is 2. The van der Waals surface area contributed by atoms with Crippen molar-refractivity contribution in [1.29, 1.82) is 0 Å². The Labute approximate surface area is 151 Å². The summed E-state index contributed by atoms with van der Waals surface area (Å²) in [5.74, 6) is 1.45. The van der Waals surface area contributed by atoms with Crippen molar-refractivity contribution in [2.75, 3.05) is 4.90 Å². The van der Waals surface area contributed by atoms with Crippen molar-refractivity contribution in [2.45, 2.75) is 6.54 Å². The van der Waals surface area contributed by atoms with E-state index in [0.717, 1.165) is 22.6 Å². The van der Waals surface area contributed by atoms with Crippen LogP contribution in [0.4, 0.5) is 11.6 Å². The Bertz CT molecular complexity index is 1040. The van der Waals surface area contributed by atoms with Crippen LogP contribution >= 0.6 is 0 Å². The van der Waals surface area contributed by atoms with E-state index in [1.54, 1.807) is 6.07 Å². The summed E-state index contributed by atoms with van der Waals surface area (Å²) >= 11 is 0. The molecule has 0 amide bonds. The highest BCUT2D eigenvalue weighted by molar-refractivity contribution is 5.66. The highest BCUT2D eigenvalue weighted by Crippen LogP contribution is 2.27. The fourth-order valence-corrected chi connectivity index (χ4v) is 2.86. The van der Waals surface area contributed by atoms with Crippen LogP contribution in [-0.2, 0) is 6.54 Å². The summed E-state index contributed by atoms with van der Waals surface area (Å²) < 4.78 is 0. The summed E-state index contributed by atoms with van der Waals surface area (Å²) in [6, 6.07) is 27.2. The predicted molar refractivity (Wildman–Crippen MR) is 103 cm³/mol. The molecule has 2 N–H and O–H groups in total. The van der Waals surface area contributed by atoms with E-state index in [0.29, 0.717) is 12.4 Å². The summed E-state index contributed by atoms with van der Waals surface area (Å²) in [6.07, 6.45) is 0. The molecule has 0 fully saturated rings. The molecule has 5 nitrogen and oxygen atoms in total. The third-order valence-corrected chi connectivity index (χ3v) is 4.15. The maximum atomic E-state index is 11.8. The zero-order chi connectivity index (χ0) is 17.8. The molecule has 0 aliphatic rings. The van der Waals surface area contributed by atoms with Gasteiger partial charge >= 0.3 is 0 Å². The van der Waals surface area contributed by atoms with Gasteiger partial charge < -0.3 is 9.88 Å². The van der Waals surface area contributed by atoms with Crippen molar-refractivity contribution in [3.05, 3.63) is 101 Å². The molecule has 0 bridgehead atoms. The van der Waals surface area contributed by atoms with Crippen LogP contribution in [0.25, 0.3) is 11.3 Å². The van der Waals surface area contributed by atoms with E-state index in [2.05, 4.69) is 27.3 Å². The first-order chi connectivity index (χ1) is 12.8. The molecule has 0 aliphatic heterocycles. The van der Waals surface area contributed by atoms with Crippen LogP contribution < -0.4 is 10.5 Å². The topological polar surface area (TPSA) is 64.8 Å². The lowest BCUT2D eigenvalue weighted by Gasteiger charge is -2.21. The first kappa shape index (κ1) is 15.9. The smallest absolute Gasteiger partial charge is 0.249 e. The van der Waals surface area contributed by atoms with Gasteiger partial charge in [0, 0.05) is 12.1 Å². The van der Waals surface area contributed by atoms with Crippen molar-refractivity contribution in [3.8, 4) is 11.3 Å². The third kappa shape index (κ3) is 3.42. The van der Waals surface area contributed by atoms with Gasteiger partial charge in [-0.05, 0) is 17.2 Å². The fraction of sp³-hybridized carbons (Fsp3) is 0.0476. The Hall–Kier alpha value is -3.60. The maximum Gasteiger partial charge on any atom is 0.249 e. The van der Waals surface area contributed by atoms with E-state index in [4.69, 9.17) is 0 Å². The Balaban J connectivity index is 1.73. The van der Waals surface area contributed by atoms with Crippen LogP contribution in [0.15, 0.2) is 89.7 Å². The normalized spacial score (nSPS) is 10.6. The number of rotatable bonds is 5. The van der Waals surface area contributed by atoms with Crippen LogP contribution in [-0.4, -0.2) is 15.2 Å². The van der Waals surface area contributed by atoms with Crippen molar-refractivity contribution in [1.82, 2.24) is 15.2 Å². The summed E-state index contributed by atoms with van der Waals surface area (Å²) in [7, 11) is 0. The van der Waals surface area contributed by atoms with Crippen LogP contribution in [0, 0.1) is 0 Å². The summed E-state index contributed by atoms with van der Waals surface area (Å²) in [5.41, 5.74) is 2.98. The first-order valence-electron chi connectivity index (χ1n) is 8.41. The van der Waals surface area contributed by atoms with Crippen LogP contribution in [0.1, 0.15) is 5.56 Å². The number of benzene rings is 2. The molecule has 0 unspecified atom stereocenters. The van der Waals surface area contributed by atoms with Gasteiger partial charge in [0.1, 0.15) is 5.82 Å². The van der Waals surface area contributed by atoms with E-state index in [-0.39, 0.29) is 5.56 Å². The second-order valence-corrected chi connectivity index (χ2v) is 5.98. The van der Waals surface area contributed by atoms with E-state index < -0.39 is 0 Å². The fourth-order valence-electron chi connectivity index (χ4n) is 2.86. The minimum Gasteiger partial charge on any atom is -0.308 e. The average molecular weight is 342 g/mol. The van der Waals surface area contributed by atoms with Gasteiger partial charge in [0.2, 0.25) is 5.56 Å². The molecule has 2 heterocycles. The number of hydrogen-bond donors (Lipinski definition) is 2. The van der Waals surface area contributed by atoms with E-state index in [1.807, 2.05) is 65.6 Å². The zero-order valence-corrected chi connectivity index (χ0v) is 14.1. The van der Waals surface area contributed by atoms with Crippen molar-refractivity contribution in [2.24, 2.45) is 0 Å². The van der Waals surface area contributed by atoms with Gasteiger partial charge in [-0.3, -0.25) is 9.89 Å². The Morgan fingerprint density at radius 3 is 2.31 bits per heavy atom. The van der Waals surface area contributed by atoms with Gasteiger partial charge in [0.15, 0.2) is 5.82 Å². The van der Waals surface area contributed by atoms with Crippen LogP contribution in [0.2, 0.25) is 0 Å². The van der Waals surface area contributed by atoms with Gasteiger partial charge in [-0.1, -0.05) is 66.7 Å². The number of pyridine rings is 1. The monoisotopic (exact) mass is 342 g/mol. The Morgan fingerprint density at radius 2 is 1.58 bits per heavy atom. The quantitative estimate of drug-likeness (QED) is 0.574. The summed E-state index contributed by atoms with van der Waals surface area (Å²) in [4.78, 5) is 16.7. The molecule has 26 heavy (non-hydrogen) atoms. The summed E-state index contributed by atoms with van der Waals surface area (Å²) in [6.45, 7) is 0.597. The lowest BCUT2D eigenvalue weighted by atomic mass is 10.1. The molecular weight excluding hydrogens is 324 g/mol. The molecule has 5 heteroatoms. The highest BCUT2D eigenvalue weighted by Gasteiger charge is 2.15. The molecule has 0 aliphatic carbocycles. The molecule has 0 saturated heterocycles. The SMILES string of the molecule is O=c1cccc(N(Cc2ccccc2)c2cc(-c3ccccc3)[nH]n2)[nH]1. The molecule has 128 valence electrons. The number of nitrogens with zero attached hydrogens (tertiary/aromatic N) is 2. The average Bonchev–Trinajstić information content (AvgIpc) is 3.17. The van der Waals surface area contributed by atoms with Gasteiger partial charge in [-0.2, -0.15) is 5.10 Å². The number of aromatic nitrogens is 3. The van der Waals surface area contributed by atoms with Crippen molar-refractivity contribution < 1.29 is 0 Å². The lowest BCUT2D eigenvalue weighted by molar-refractivity contribution is 0.906. The molecule has 0 atom stereocenters. The lowest BCUT2D eigenvalue weighted by Crippen LogP contribution is -2.20. The molecule has 0 saturated carbocycles. The van der Waals surface area contributed by atoms with Crippen molar-refractivity contribution >= 4 is 11.6 Å². The molecule has 0 spiro atoms. The first-order valence-corrected chi connectivity index (χ1v) is 8.41. The number of hydrogen-bond acceptors (Lipinski definition) is 3.